The zero-order valence-corrected chi connectivity index (χ0v) is 25.0. The lowest BCUT2D eigenvalue weighted by atomic mass is 9.91. The van der Waals surface area contributed by atoms with E-state index >= 15 is 0 Å². The number of anilines is 1. The maximum Gasteiger partial charge on any atom is 0.337 e. The largest absolute Gasteiger partial charge is 0.460 e. The Morgan fingerprint density at radius 1 is 0.659 bits per heavy atom. The standard InChI is InChI=1S/C36H38N2O6/c1-26(2)22-38(23-32(39)34(40)43-24-27-12-6-3-7-13-27)36(42)37-31-20-18-30(19-21-31)33(29-16-10-5-11-17-29)35(41)44-25-28-14-8-4-9-15-28/h3-21,26,32-33,39H,22-25H2,1-2H3,(H,37,42). The molecule has 228 valence electrons. The van der Waals surface area contributed by atoms with Crippen LogP contribution in [0.15, 0.2) is 115 Å². The van der Waals surface area contributed by atoms with Crippen molar-refractivity contribution in [2.75, 3.05) is 18.4 Å². The summed E-state index contributed by atoms with van der Waals surface area (Å²) in [5, 5.41) is 13.4. The molecule has 4 rings (SSSR count). The Morgan fingerprint density at radius 2 is 1.14 bits per heavy atom. The van der Waals surface area contributed by atoms with Crippen molar-refractivity contribution < 1.29 is 29.0 Å². The summed E-state index contributed by atoms with van der Waals surface area (Å²) in [4.78, 5) is 40.4. The molecule has 2 unspecified atom stereocenters. The maximum absolute atomic E-state index is 13.3. The monoisotopic (exact) mass is 594 g/mol. The predicted molar refractivity (Wildman–Crippen MR) is 169 cm³/mol. The van der Waals surface area contributed by atoms with E-state index in [9.17, 15) is 19.5 Å². The Bertz CT molecular complexity index is 1480. The fourth-order valence-electron chi connectivity index (χ4n) is 4.67. The van der Waals surface area contributed by atoms with Crippen LogP contribution >= 0.6 is 0 Å². The fraction of sp³-hybridized carbons (Fsp3) is 0.250. The fourth-order valence-corrected chi connectivity index (χ4v) is 4.67. The zero-order valence-electron chi connectivity index (χ0n) is 25.0. The van der Waals surface area contributed by atoms with E-state index in [1.165, 1.54) is 4.90 Å². The SMILES string of the molecule is CC(C)CN(CC(O)C(=O)OCc1ccccc1)C(=O)Nc1ccc(C(C(=O)OCc2ccccc2)c2ccccc2)cc1. The molecule has 8 nitrogen and oxygen atoms in total. The number of esters is 2. The number of carbonyl (C=O) groups excluding carboxylic acids is 3. The Labute approximate surface area is 258 Å². The number of hydrogen-bond donors (Lipinski definition) is 2. The first-order valence-corrected chi connectivity index (χ1v) is 14.6. The van der Waals surface area contributed by atoms with Crippen molar-refractivity contribution >= 4 is 23.7 Å². The number of nitrogens with zero attached hydrogens (tertiary/aromatic N) is 1. The average molecular weight is 595 g/mol. The number of aliphatic hydroxyl groups excluding tert-OH is 1. The highest BCUT2D eigenvalue weighted by Crippen LogP contribution is 2.28. The summed E-state index contributed by atoms with van der Waals surface area (Å²) < 4.78 is 10.9. The molecule has 0 aromatic heterocycles. The molecule has 0 aliphatic carbocycles. The molecule has 0 saturated carbocycles. The molecular weight excluding hydrogens is 556 g/mol. The normalized spacial score (nSPS) is 12.2. The summed E-state index contributed by atoms with van der Waals surface area (Å²) >= 11 is 0. The number of aliphatic hydroxyl groups is 1. The third-order valence-electron chi connectivity index (χ3n) is 6.85. The number of rotatable bonds is 13. The minimum atomic E-state index is -1.50. The first kappa shape index (κ1) is 32.0. The molecular formula is C36H38N2O6. The molecule has 4 aromatic carbocycles. The molecule has 0 fully saturated rings. The molecule has 8 heteroatoms. The smallest absolute Gasteiger partial charge is 0.337 e. The van der Waals surface area contributed by atoms with Gasteiger partial charge in [-0.05, 0) is 40.3 Å². The minimum absolute atomic E-state index is 0.0310. The Balaban J connectivity index is 1.41. The van der Waals surface area contributed by atoms with Crippen molar-refractivity contribution in [3.63, 3.8) is 0 Å². The molecule has 0 saturated heterocycles. The molecule has 2 atom stereocenters. The molecule has 44 heavy (non-hydrogen) atoms. The number of benzene rings is 4. The summed E-state index contributed by atoms with van der Waals surface area (Å²) in [5.74, 6) is -1.75. The summed E-state index contributed by atoms with van der Waals surface area (Å²) in [7, 11) is 0. The van der Waals surface area contributed by atoms with Crippen molar-refractivity contribution in [2.45, 2.75) is 39.1 Å². The molecule has 0 aliphatic heterocycles. The molecule has 0 bridgehead atoms. The van der Waals surface area contributed by atoms with Crippen LogP contribution < -0.4 is 5.32 Å². The molecule has 0 heterocycles. The number of urea groups is 1. The van der Waals surface area contributed by atoms with Gasteiger partial charge in [0.05, 0.1) is 6.54 Å². The van der Waals surface area contributed by atoms with Crippen LogP contribution in [0, 0.1) is 5.92 Å². The average Bonchev–Trinajstić information content (AvgIpc) is 3.04. The molecule has 2 amide bonds. The number of ether oxygens (including phenoxy) is 2. The summed E-state index contributed by atoms with van der Waals surface area (Å²) in [6.07, 6.45) is -1.50. The minimum Gasteiger partial charge on any atom is -0.460 e. The Morgan fingerprint density at radius 3 is 1.66 bits per heavy atom. The Hall–Kier alpha value is -4.95. The van der Waals surface area contributed by atoms with Gasteiger partial charge in [-0.15, -0.1) is 0 Å². The molecule has 0 radical (unpaired) electrons. The number of nitrogens with one attached hydrogen (secondary N) is 1. The van der Waals surface area contributed by atoms with Gasteiger partial charge in [-0.25, -0.2) is 9.59 Å². The van der Waals surface area contributed by atoms with E-state index in [2.05, 4.69) is 5.32 Å². The van der Waals surface area contributed by atoms with E-state index < -0.39 is 24.0 Å². The lowest BCUT2D eigenvalue weighted by Crippen LogP contribution is -2.44. The van der Waals surface area contributed by atoms with Crippen molar-refractivity contribution in [3.05, 3.63) is 138 Å². The van der Waals surface area contributed by atoms with Crippen molar-refractivity contribution in [3.8, 4) is 0 Å². The van der Waals surface area contributed by atoms with Gasteiger partial charge >= 0.3 is 18.0 Å². The van der Waals surface area contributed by atoms with Crippen molar-refractivity contribution in [2.24, 2.45) is 5.92 Å². The second-order valence-corrected chi connectivity index (χ2v) is 10.9. The van der Waals surface area contributed by atoms with Gasteiger partial charge in [0, 0.05) is 12.2 Å². The van der Waals surface area contributed by atoms with E-state index in [-0.39, 0.29) is 31.6 Å². The van der Waals surface area contributed by atoms with Gasteiger partial charge in [0.2, 0.25) is 0 Å². The van der Waals surface area contributed by atoms with Gasteiger partial charge < -0.3 is 24.8 Å². The molecule has 0 aliphatic rings. The highest BCUT2D eigenvalue weighted by Gasteiger charge is 2.26. The maximum atomic E-state index is 13.3. The van der Waals surface area contributed by atoms with Crippen LogP contribution in [0.1, 0.15) is 42.0 Å². The van der Waals surface area contributed by atoms with Gasteiger partial charge in [0.15, 0.2) is 6.10 Å². The second kappa shape index (κ2) is 16.0. The third kappa shape index (κ3) is 9.54. The van der Waals surface area contributed by atoms with E-state index in [0.717, 1.165) is 16.7 Å². The van der Waals surface area contributed by atoms with Crippen LogP contribution in [-0.4, -0.2) is 47.2 Å². The molecule has 4 aromatic rings. The van der Waals surface area contributed by atoms with Gasteiger partial charge in [-0.1, -0.05) is 117 Å². The quantitative estimate of drug-likeness (QED) is 0.180. The molecule has 0 spiro atoms. The highest BCUT2D eigenvalue weighted by molar-refractivity contribution is 5.90. The summed E-state index contributed by atoms with van der Waals surface area (Å²) in [6, 6.07) is 34.6. The first-order valence-electron chi connectivity index (χ1n) is 14.6. The summed E-state index contributed by atoms with van der Waals surface area (Å²) in [5.41, 5.74) is 3.69. The van der Waals surface area contributed by atoms with Crippen LogP contribution in [0.4, 0.5) is 10.5 Å². The second-order valence-electron chi connectivity index (χ2n) is 10.9. The number of carbonyl (C=O) groups is 3. The topological polar surface area (TPSA) is 105 Å². The van der Waals surface area contributed by atoms with Crippen LogP contribution in [0.3, 0.4) is 0 Å². The van der Waals surface area contributed by atoms with Gasteiger partial charge in [0.25, 0.3) is 0 Å². The zero-order chi connectivity index (χ0) is 31.3. The highest BCUT2D eigenvalue weighted by atomic mass is 16.5. The van der Waals surface area contributed by atoms with E-state index in [4.69, 9.17) is 9.47 Å². The van der Waals surface area contributed by atoms with Crippen LogP contribution in [0.5, 0.6) is 0 Å². The van der Waals surface area contributed by atoms with E-state index in [0.29, 0.717) is 17.8 Å². The first-order chi connectivity index (χ1) is 21.3. The summed E-state index contributed by atoms with van der Waals surface area (Å²) in [6.45, 7) is 4.17. The lowest BCUT2D eigenvalue weighted by Gasteiger charge is -2.26. The van der Waals surface area contributed by atoms with Crippen LogP contribution in [0.25, 0.3) is 0 Å². The lowest BCUT2D eigenvalue weighted by molar-refractivity contribution is -0.155. The predicted octanol–water partition coefficient (Wildman–Crippen LogP) is 6.16. The van der Waals surface area contributed by atoms with Crippen molar-refractivity contribution in [1.29, 1.82) is 0 Å². The van der Waals surface area contributed by atoms with Crippen LogP contribution in [-0.2, 0) is 32.3 Å². The van der Waals surface area contributed by atoms with Gasteiger partial charge in [-0.3, -0.25) is 4.79 Å². The van der Waals surface area contributed by atoms with E-state index in [1.54, 1.807) is 24.3 Å². The third-order valence-corrected chi connectivity index (χ3v) is 6.85. The van der Waals surface area contributed by atoms with Gasteiger partial charge in [0.1, 0.15) is 19.1 Å². The van der Waals surface area contributed by atoms with E-state index in [1.807, 2.05) is 105 Å². The Kier molecular flexibility index (Phi) is 11.7. The number of amides is 2. The number of hydrogen-bond acceptors (Lipinski definition) is 6. The molecule has 2 N–H and O–H groups in total. The van der Waals surface area contributed by atoms with Gasteiger partial charge in [-0.2, -0.15) is 0 Å². The van der Waals surface area contributed by atoms with Crippen molar-refractivity contribution in [1.82, 2.24) is 4.90 Å². The van der Waals surface area contributed by atoms with Crippen LogP contribution in [0.2, 0.25) is 0 Å².